The number of aliphatic hydroxyl groups is 2. The van der Waals surface area contributed by atoms with Gasteiger partial charge in [-0.1, -0.05) is 11.6 Å². The molecule has 0 spiro atoms. The van der Waals surface area contributed by atoms with E-state index < -0.39 is 12.2 Å². The van der Waals surface area contributed by atoms with Crippen molar-refractivity contribution in [2.75, 3.05) is 0 Å². The van der Waals surface area contributed by atoms with Gasteiger partial charge in [-0.2, -0.15) is 4.99 Å². The van der Waals surface area contributed by atoms with E-state index in [0.29, 0.717) is 5.31 Å². The van der Waals surface area contributed by atoms with Crippen molar-refractivity contribution in [2.24, 2.45) is 4.99 Å². The van der Waals surface area contributed by atoms with Crippen LogP contribution in [0.3, 0.4) is 0 Å². The average molecular weight is 189 g/mol. The van der Waals surface area contributed by atoms with E-state index in [1.54, 1.807) is 0 Å². The summed E-state index contributed by atoms with van der Waals surface area (Å²) >= 11 is 5.33. The van der Waals surface area contributed by atoms with E-state index in [4.69, 9.17) is 23.2 Å². The molecule has 0 aromatic carbocycles. The third kappa shape index (κ3) is 2.87. The Morgan fingerprint density at radius 2 is 2.50 bits per heavy atom. The van der Waals surface area contributed by atoms with Crippen molar-refractivity contribution in [1.29, 1.82) is 0 Å². The zero-order valence-corrected chi connectivity index (χ0v) is 9.20. The molecule has 0 saturated heterocycles. The van der Waals surface area contributed by atoms with Gasteiger partial charge < -0.3 is 15.5 Å². The summed E-state index contributed by atoms with van der Waals surface area (Å²) in [5.74, 6) is -0.447. The van der Waals surface area contributed by atoms with Crippen LogP contribution in [0.5, 0.6) is 0 Å². The zero-order chi connectivity index (χ0) is 7.72. The fourth-order valence-corrected chi connectivity index (χ4v) is 0.499. The molecule has 51 valence electrons. The van der Waals surface area contributed by atoms with Gasteiger partial charge in [-0.25, -0.2) is 0 Å². The summed E-state index contributed by atoms with van der Waals surface area (Å²) < 4.78 is 6.90. The predicted molar refractivity (Wildman–Crippen MR) is 38.9 cm³/mol. The number of aliphatic imine (C=N–C) groups is 1. The number of aliphatic hydroxyl groups excluding tert-OH is 2. The molecular weight excluding hydrogens is 183 g/mol. The van der Waals surface area contributed by atoms with Crippen molar-refractivity contribution < 1.29 is 11.6 Å². The minimum Gasteiger partial charge on any atom is -0.492 e. The number of hydrogen-bond acceptors (Lipinski definition) is 3. The van der Waals surface area contributed by atoms with E-state index in [0.717, 1.165) is 6.20 Å². The first-order valence-corrected chi connectivity index (χ1v) is 2.59. The summed E-state index contributed by atoms with van der Waals surface area (Å²) in [6, 6.07) is 0. The summed E-state index contributed by atoms with van der Waals surface area (Å²) in [6.07, 6.45) is -0.295. The molecule has 1 atom stereocenters. The number of nitrogens with zero attached hydrogens (tertiary/aromatic N) is 1. The standard InChI is InChI=1S/C4H5ClN2O2.K/c5-2-1-6-4(9)7-3(2)8;/h1,4,6,9H,(H,7,8);/i/hD. The van der Waals surface area contributed by atoms with E-state index in [1.165, 1.54) is 0 Å². The summed E-state index contributed by atoms with van der Waals surface area (Å²) in [7, 11) is 0. The van der Waals surface area contributed by atoms with Crippen LogP contribution in [0, 0.1) is 0 Å². The van der Waals surface area contributed by atoms with Crippen molar-refractivity contribution in [3.8, 4) is 0 Å². The van der Waals surface area contributed by atoms with Crippen LogP contribution in [-0.4, -0.2) is 73.8 Å². The molecule has 1 rings (SSSR count). The molecule has 1 aliphatic rings. The zero-order valence-electron chi connectivity index (χ0n) is 6.32. The van der Waals surface area contributed by atoms with Gasteiger partial charge in [0.25, 0.3) is 0 Å². The maximum atomic E-state index is 8.75. The topological polar surface area (TPSA) is 64.8 Å². The first-order chi connectivity index (χ1) is 4.61. The largest absolute Gasteiger partial charge is 0.492 e. The van der Waals surface area contributed by atoms with Crippen molar-refractivity contribution in [3.05, 3.63) is 11.2 Å². The second kappa shape index (κ2) is 4.71. The maximum absolute atomic E-state index is 8.75. The second-order valence-electron chi connectivity index (χ2n) is 1.43. The number of nitrogens with one attached hydrogen (secondary N) is 1. The molecule has 4 nitrogen and oxygen atoms in total. The molecule has 6 heteroatoms. The van der Waals surface area contributed by atoms with Gasteiger partial charge in [0.1, 0.15) is 5.03 Å². The second-order valence-corrected chi connectivity index (χ2v) is 1.83. The summed E-state index contributed by atoms with van der Waals surface area (Å²) in [5.41, 5.74) is 0. The first kappa shape index (κ1) is 8.99. The van der Waals surface area contributed by atoms with Crippen LogP contribution < -0.4 is 5.31 Å². The van der Waals surface area contributed by atoms with Gasteiger partial charge in [-0.3, -0.25) is 0 Å². The summed E-state index contributed by atoms with van der Waals surface area (Å²) in [5, 5.41) is 18.1. The van der Waals surface area contributed by atoms with Crippen LogP contribution in [0.4, 0.5) is 0 Å². The number of halogens is 1. The van der Waals surface area contributed by atoms with Gasteiger partial charge >= 0.3 is 0 Å². The van der Waals surface area contributed by atoms with Gasteiger partial charge in [0.05, 0.1) is 0 Å². The Kier molecular flexibility index (Phi) is 4.23. The Bertz CT molecular complexity index is 188. The number of hydrogen-bond donors (Lipinski definition) is 3. The molecule has 0 aliphatic carbocycles. The maximum Gasteiger partial charge on any atom is 0.231 e. The Hall–Kier alpha value is 0.896. The Morgan fingerprint density at radius 1 is 1.90 bits per heavy atom. The molecule has 1 aliphatic heterocycles. The van der Waals surface area contributed by atoms with Crippen LogP contribution in [0.2, 0.25) is 1.41 Å². The monoisotopic (exact) mass is 188 g/mol. The van der Waals surface area contributed by atoms with Gasteiger partial charge in [0.2, 0.25) is 12.2 Å². The average Bonchev–Trinajstić information content (AvgIpc) is 1.84. The summed E-state index contributed by atoms with van der Waals surface area (Å²) in [6.45, 7) is 0. The van der Waals surface area contributed by atoms with Crippen LogP contribution >= 0.6 is 11.6 Å². The molecule has 0 saturated carbocycles. The van der Waals surface area contributed by atoms with Crippen LogP contribution in [0.1, 0.15) is 0 Å². The van der Waals surface area contributed by atoms with Crippen molar-refractivity contribution in [3.63, 3.8) is 0 Å². The van der Waals surface area contributed by atoms with Gasteiger partial charge in [0.15, 0.2) is 1.41 Å². The third-order valence-electron chi connectivity index (χ3n) is 0.773. The van der Waals surface area contributed by atoms with Gasteiger partial charge in [-0.05, 0) is 0 Å². The fraction of sp³-hybridized carbons (Fsp3) is 0.250. The first-order valence-electron chi connectivity index (χ1n) is 2.65. The molecule has 1 radical (unpaired) electrons. The quantitative estimate of drug-likeness (QED) is 0.450. The molecular formula is C4H5ClKN2O2. The normalized spacial score (nSPS) is 26.0. The molecule has 0 fully saturated rings. The molecule has 0 aromatic rings. The Labute approximate surface area is 107 Å². The van der Waals surface area contributed by atoms with E-state index in [-0.39, 0.29) is 56.4 Å². The van der Waals surface area contributed by atoms with Crippen molar-refractivity contribution in [1.82, 2.24) is 5.31 Å². The van der Waals surface area contributed by atoms with Crippen LogP contribution in [0.15, 0.2) is 16.2 Å². The van der Waals surface area contributed by atoms with E-state index in [2.05, 4.69) is 4.99 Å². The summed E-state index contributed by atoms with van der Waals surface area (Å²) in [4.78, 5) is 3.21. The molecule has 0 amide bonds. The molecule has 1 unspecified atom stereocenters. The van der Waals surface area contributed by atoms with Gasteiger partial charge in [-0.15, -0.1) is 0 Å². The van der Waals surface area contributed by atoms with Crippen LogP contribution in [-0.2, 0) is 0 Å². The van der Waals surface area contributed by atoms with E-state index in [9.17, 15) is 0 Å². The third-order valence-corrected chi connectivity index (χ3v) is 1.04. The Morgan fingerprint density at radius 3 is 3.00 bits per heavy atom. The van der Waals surface area contributed by atoms with E-state index >= 15 is 0 Å². The smallest absolute Gasteiger partial charge is 0.231 e. The van der Waals surface area contributed by atoms with Crippen LogP contribution in [0.25, 0.3) is 0 Å². The molecule has 0 bridgehead atoms. The molecule has 10 heavy (non-hydrogen) atoms. The van der Waals surface area contributed by atoms with Gasteiger partial charge in [0, 0.05) is 57.6 Å². The fourth-order valence-electron chi connectivity index (χ4n) is 0.394. The SMILES string of the molecule is [2H]N1C=C(Cl)C(O)=NC1O.[K]. The predicted octanol–water partition coefficient (Wildman–Crippen LogP) is -0.479. The molecule has 1 heterocycles. The minimum absolute atomic E-state index is 0. The van der Waals surface area contributed by atoms with E-state index in [1.807, 2.05) is 0 Å². The van der Waals surface area contributed by atoms with Crippen molar-refractivity contribution >= 4 is 68.9 Å². The number of rotatable bonds is 0. The minimum atomic E-state index is -1.36. The Balaban J connectivity index is 0.000001000. The van der Waals surface area contributed by atoms with Crippen molar-refractivity contribution in [2.45, 2.75) is 6.35 Å². The molecule has 0 aromatic heterocycles. The molecule has 3 N–H and O–H groups in total.